The van der Waals surface area contributed by atoms with E-state index < -0.39 is 5.54 Å². The summed E-state index contributed by atoms with van der Waals surface area (Å²) in [6.45, 7) is 8.08. The van der Waals surface area contributed by atoms with Crippen LogP contribution in [0.25, 0.3) is 0 Å². The van der Waals surface area contributed by atoms with E-state index in [9.17, 15) is 5.11 Å². The van der Waals surface area contributed by atoms with Crippen LogP contribution in [0.4, 0.5) is 0 Å². The number of aromatic nitrogens is 2. The fourth-order valence-electron chi connectivity index (χ4n) is 1.78. The van der Waals surface area contributed by atoms with Crippen molar-refractivity contribution in [1.82, 2.24) is 15.3 Å². The van der Waals surface area contributed by atoms with Gasteiger partial charge in [0.15, 0.2) is 0 Å². The van der Waals surface area contributed by atoms with Gasteiger partial charge in [-0.2, -0.15) is 0 Å². The van der Waals surface area contributed by atoms with Gasteiger partial charge >= 0.3 is 0 Å². The SMILES string of the molecule is CCC(C)NC(C)(CO)c1nccnc1C. The summed E-state index contributed by atoms with van der Waals surface area (Å²) >= 11 is 0. The first kappa shape index (κ1) is 13.1. The van der Waals surface area contributed by atoms with Gasteiger partial charge in [-0.3, -0.25) is 9.97 Å². The van der Waals surface area contributed by atoms with Crippen molar-refractivity contribution in [2.24, 2.45) is 0 Å². The van der Waals surface area contributed by atoms with Crippen LogP contribution in [0.1, 0.15) is 38.6 Å². The van der Waals surface area contributed by atoms with Gasteiger partial charge in [-0.25, -0.2) is 0 Å². The Kier molecular flexibility index (Phi) is 4.38. The van der Waals surface area contributed by atoms with E-state index in [0.29, 0.717) is 6.04 Å². The largest absolute Gasteiger partial charge is 0.394 e. The fourth-order valence-corrected chi connectivity index (χ4v) is 1.78. The molecule has 0 amide bonds. The van der Waals surface area contributed by atoms with Crippen molar-refractivity contribution in [1.29, 1.82) is 0 Å². The van der Waals surface area contributed by atoms with Crippen LogP contribution in [-0.4, -0.2) is 27.7 Å². The van der Waals surface area contributed by atoms with Gasteiger partial charge in [0.25, 0.3) is 0 Å². The van der Waals surface area contributed by atoms with E-state index in [1.54, 1.807) is 12.4 Å². The Bertz CT molecular complexity index is 343. The lowest BCUT2D eigenvalue weighted by atomic mass is 9.95. The van der Waals surface area contributed by atoms with E-state index >= 15 is 0 Å². The second-order valence-corrected chi connectivity index (χ2v) is 4.43. The minimum Gasteiger partial charge on any atom is -0.394 e. The second-order valence-electron chi connectivity index (χ2n) is 4.43. The van der Waals surface area contributed by atoms with Crippen LogP contribution in [0.15, 0.2) is 12.4 Å². The van der Waals surface area contributed by atoms with Crippen molar-refractivity contribution in [3.05, 3.63) is 23.8 Å². The van der Waals surface area contributed by atoms with Gasteiger partial charge in [-0.1, -0.05) is 6.92 Å². The van der Waals surface area contributed by atoms with Crippen LogP contribution in [0.3, 0.4) is 0 Å². The molecule has 1 aromatic heterocycles. The van der Waals surface area contributed by atoms with Crippen LogP contribution in [0.2, 0.25) is 0 Å². The van der Waals surface area contributed by atoms with Crippen molar-refractivity contribution in [2.45, 2.75) is 45.7 Å². The van der Waals surface area contributed by atoms with Crippen LogP contribution in [0, 0.1) is 6.92 Å². The van der Waals surface area contributed by atoms with E-state index in [4.69, 9.17) is 0 Å². The van der Waals surface area contributed by atoms with E-state index in [-0.39, 0.29) is 6.61 Å². The van der Waals surface area contributed by atoms with Crippen LogP contribution in [0.5, 0.6) is 0 Å². The first-order valence-corrected chi connectivity index (χ1v) is 5.70. The van der Waals surface area contributed by atoms with Crippen LogP contribution >= 0.6 is 0 Å². The molecule has 2 N–H and O–H groups in total. The molecule has 0 aliphatic carbocycles. The Hall–Kier alpha value is -1.00. The summed E-state index contributed by atoms with van der Waals surface area (Å²) in [4.78, 5) is 8.54. The van der Waals surface area contributed by atoms with Crippen molar-refractivity contribution < 1.29 is 5.11 Å². The predicted molar refractivity (Wildman–Crippen MR) is 64.1 cm³/mol. The molecule has 1 aromatic rings. The topological polar surface area (TPSA) is 58.0 Å². The van der Waals surface area contributed by atoms with Gasteiger partial charge in [0.05, 0.1) is 23.5 Å². The Morgan fingerprint density at radius 1 is 1.44 bits per heavy atom. The highest BCUT2D eigenvalue weighted by molar-refractivity contribution is 5.19. The maximum Gasteiger partial charge on any atom is 0.0837 e. The smallest absolute Gasteiger partial charge is 0.0837 e. The molecule has 0 aromatic carbocycles. The highest BCUT2D eigenvalue weighted by atomic mass is 16.3. The Morgan fingerprint density at radius 2 is 2.06 bits per heavy atom. The lowest BCUT2D eigenvalue weighted by Crippen LogP contribution is -2.48. The molecule has 0 saturated heterocycles. The number of aliphatic hydroxyl groups excluding tert-OH is 1. The highest BCUT2D eigenvalue weighted by Gasteiger charge is 2.30. The molecule has 2 atom stereocenters. The van der Waals surface area contributed by atoms with Crippen LogP contribution in [-0.2, 0) is 5.54 Å². The molecule has 4 heteroatoms. The molecule has 0 aliphatic heterocycles. The summed E-state index contributed by atoms with van der Waals surface area (Å²) in [5.74, 6) is 0. The summed E-state index contributed by atoms with van der Waals surface area (Å²) in [6.07, 6.45) is 4.34. The molecule has 16 heavy (non-hydrogen) atoms. The van der Waals surface area contributed by atoms with Gasteiger partial charge in [-0.15, -0.1) is 0 Å². The van der Waals surface area contributed by atoms with Gasteiger partial charge in [0, 0.05) is 18.4 Å². The summed E-state index contributed by atoms with van der Waals surface area (Å²) in [6, 6.07) is 0.332. The normalized spacial score (nSPS) is 16.8. The van der Waals surface area contributed by atoms with Gasteiger partial charge in [-0.05, 0) is 27.2 Å². The number of aliphatic hydroxyl groups is 1. The number of hydrogen-bond acceptors (Lipinski definition) is 4. The minimum absolute atomic E-state index is 0.0108. The zero-order valence-electron chi connectivity index (χ0n) is 10.5. The summed E-state index contributed by atoms with van der Waals surface area (Å²) < 4.78 is 0. The molecule has 0 aliphatic rings. The Balaban J connectivity index is 3.00. The third-order valence-corrected chi connectivity index (χ3v) is 2.90. The lowest BCUT2D eigenvalue weighted by Gasteiger charge is -2.32. The number of nitrogens with one attached hydrogen (secondary N) is 1. The average molecular weight is 223 g/mol. The summed E-state index contributed by atoms with van der Waals surface area (Å²) in [5, 5.41) is 13.0. The van der Waals surface area contributed by atoms with E-state index in [0.717, 1.165) is 17.8 Å². The molecule has 0 saturated carbocycles. The van der Waals surface area contributed by atoms with Crippen molar-refractivity contribution in [3.63, 3.8) is 0 Å². The van der Waals surface area contributed by atoms with Crippen molar-refractivity contribution >= 4 is 0 Å². The van der Waals surface area contributed by atoms with E-state index in [1.165, 1.54) is 0 Å². The van der Waals surface area contributed by atoms with E-state index in [2.05, 4.69) is 29.1 Å². The van der Waals surface area contributed by atoms with Crippen LogP contribution < -0.4 is 5.32 Å². The fraction of sp³-hybridized carbons (Fsp3) is 0.667. The maximum absolute atomic E-state index is 9.58. The zero-order chi connectivity index (χ0) is 12.2. The lowest BCUT2D eigenvalue weighted by molar-refractivity contribution is 0.158. The molecular weight excluding hydrogens is 202 g/mol. The predicted octanol–water partition coefficient (Wildman–Crippen LogP) is 1.38. The summed E-state index contributed by atoms with van der Waals surface area (Å²) in [5.41, 5.74) is 1.15. The molecule has 0 radical (unpaired) electrons. The maximum atomic E-state index is 9.58. The van der Waals surface area contributed by atoms with Gasteiger partial charge in [0.2, 0.25) is 0 Å². The highest BCUT2D eigenvalue weighted by Crippen LogP contribution is 2.21. The zero-order valence-corrected chi connectivity index (χ0v) is 10.5. The molecule has 0 fully saturated rings. The molecule has 90 valence electrons. The van der Waals surface area contributed by atoms with Crippen molar-refractivity contribution in [2.75, 3.05) is 6.61 Å². The monoisotopic (exact) mass is 223 g/mol. The third-order valence-electron chi connectivity index (χ3n) is 2.90. The molecule has 1 heterocycles. The third kappa shape index (κ3) is 2.77. The molecule has 0 spiro atoms. The van der Waals surface area contributed by atoms with Crippen molar-refractivity contribution in [3.8, 4) is 0 Å². The number of hydrogen-bond donors (Lipinski definition) is 2. The minimum atomic E-state index is -0.520. The van der Waals surface area contributed by atoms with Gasteiger partial charge in [0.1, 0.15) is 0 Å². The molecule has 4 nitrogen and oxygen atoms in total. The standard InChI is InChI=1S/C12H21N3O/c1-5-9(2)15-12(4,8-16)11-10(3)13-6-7-14-11/h6-7,9,15-16H,5,8H2,1-4H3. The molecule has 1 rings (SSSR count). The average Bonchev–Trinajstić information content (AvgIpc) is 2.29. The Labute approximate surface area is 97.1 Å². The van der Waals surface area contributed by atoms with Gasteiger partial charge < -0.3 is 10.4 Å². The van der Waals surface area contributed by atoms with E-state index in [1.807, 2.05) is 13.8 Å². The quantitative estimate of drug-likeness (QED) is 0.792. The number of rotatable bonds is 5. The number of aryl methyl sites for hydroxylation is 1. The Morgan fingerprint density at radius 3 is 2.56 bits per heavy atom. The first-order chi connectivity index (χ1) is 7.53. The number of nitrogens with zero attached hydrogens (tertiary/aromatic N) is 2. The first-order valence-electron chi connectivity index (χ1n) is 5.70. The summed E-state index contributed by atoms with van der Waals surface area (Å²) in [7, 11) is 0. The molecular formula is C12H21N3O. The molecule has 2 unspecified atom stereocenters. The second kappa shape index (κ2) is 5.37. The molecule has 0 bridgehead atoms.